The second-order valence-corrected chi connectivity index (χ2v) is 19.0. The number of amides is 4. The zero-order valence-electron chi connectivity index (χ0n) is 41.1. The van der Waals surface area contributed by atoms with Crippen LogP contribution in [0.3, 0.4) is 0 Å². The highest BCUT2D eigenvalue weighted by Gasteiger charge is 2.46. The van der Waals surface area contributed by atoms with Crippen LogP contribution in [0.1, 0.15) is 130 Å². The van der Waals surface area contributed by atoms with Crippen LogP contribution in [0.15, 0.2) is 48.7 Å². The molecule has 0 saturated carbocycles. The molecular weight excluding hydrogens is 865 g/mol. The van der Waals surface area contributed by atoms with Crippen molar-refractivity contribution in [2.45, 2.75) is 155 Å². The molecule has 0 aliphatic carbocycles. The molecule has 9 atom stereocenters. The van der Waals surface area contributed by atoms with Crippen molar-refractivity contribution in [2.24, 2.45) is 11.8 Å². The Hall–Kier alpha value is -6.16. The normalized spacial score (nSPS) is 24.1. The second-order valence-electron chi connectivity index (χ2n) is 19.0. The lowest BCUT2D eigenvalue weighted by Gasteiger charge is -2.39. The number of fused-ring (bicyclic) bond motifs is 6. The highest BCUT2D eigenvalue weighted by Crippen LogP contribution is 2.45. The number of H-pyrrole nitrogens is 2. The third-order valence-electron chi connectivity index (χ3n) is 14.4. The summed E-state index contributed by atoms with van der Waals surface area (Å²) < 4.78 is 22.3. The monoisotopic (exact) mass is 933 g/mol. The fraction of sp³-hybridized carbons (Fsp3) is 0.538. The second kappa shape index (κ2) is 20.2. The van der Waals surface area contributed by atoms with Crippen molar-refractivity contribution < 1.29 is 38.1 Å². The van der Waals surface area contributed by atoms with Gasteiger partial charge in [-0.3, -0.25) is 9.59 Å². The molecular formula is C52H68N8O8. The highest BCUT2D eigenvalue weighted by molar-refractivity contribution is 6.07. The van der Waals surface area contributed by atoms with E-state index in [9.17, 15) is 19.2 Å². The van der Waals surface area contributed by atoms with Crippen molar-refractivity contribution in [3.8, 4) is 28.1 Å². The van der Waals surface area contributed by atoms with Crippen LogP contribution in [-0.4, -0.2) is 104 Å². The van der Waals surface area contributed by atoms with Crippen LogP contribution in [0.4, 0.5) is 9.59 Å². The molecule has 4 aliphatic rings. The minimum atomic E-state index is -0.753. The Bertz CT molecular complexity index is 2650. The van der Waals surface area contributed by atoms with Gasteiger partial charge in [-0.1, -0.05) is 52.8 Å². The first-order valence-electron chi connectivity index (χ1n) is 24.5. The van der Waals surface area contributed by atoms with Crippen molar-refractivity contribution in [1.29, 1.82) is 0 Å². The van der Waals surface area contributed by atoms with Crippen LogP contribution >= 0.6 is 0 Å². The van der Waals surface area contributed by atoms with E-state index in [2.05, 4.69) is 63.9 Å². The van der Waals surface area contributed by atoms with Crippen LogP contribution in [0, 0.1) is 11.8 Å². The molecule has 0 spiro atoms. The van der Waals surface area contributed by atoms with Gasteiger partial charge in [-0.05, 0) is 124 Å². The molecule has 4 amide bonds. The smallest absolute Gasteiger partial charge is 0.407 e. The number of hydrogen-bond acceptors (Lipinski definition) is 10. The van der Waals surface area contributed by atoms with Crippen molar-refractivity contribution in [3.05, 3.63) is 65.9 Å². The van der Waals surface area contributed by atoms with E-state index in [0.29, 0.717) is 25.3 Å². The third-order valence-corrected chi connectivity index (χ3v) is 14.4. The largest absolute Gasteiger partial charge is 0.488 e. The molecule has 0 radical (unpaired) electrons. The van der Waals surface area contributed by atoms with Gasteiger partial charge >= 0.3 is 12.2 Å². The van der Waals surface area contributed by atoms with Gasteiger partial charge in [0.15, 0.2) is 0 Å². The molecule has 9 rings (SSSR count). The molecule has 3 unspecified atom stereocenters. The number of aromatic nitrogens is 4. The minimum Gasteiger partial charge on any atom is -0.488 e. The summed E-state index contributed by atoms with van der Waals surface area (Å²) in [6, 6.07) is 12.7. The number of methoxy groups -OCH3 is 2. The molecule has 16 nitrogen and oxygen atoms in total. The summed E-state index contributed by atoms with van der Waals surface area (Å²) in [5, 5.41) is 7.61. The zero-order chi connectivity index (χ0) is 48.6. The van der Waals surface area contributed by atoms with Gasteiger partial charge in [-0.25, -0.2) is 19.6 Å². The molecule has 68 heavy (non-hydrogen) atoms. The Morgan fingerprint density at radius 3 is 2.24 bits per heavy atom. The maximum Gasteiger partial charge on any atom is 0.407 e. The van der Waals surface area contributed by atoms with E-state index in [0.717, 1.165) is 93.4 Å². The Labute approximate surface area is 398 Å². The Morgan fingerprint density at radius 2 is 1.53 bits per heavy atom. The van der Waals surface area contributed by atoms with Crippen molar-refractivity contribution in [3.63, 3.8) is 0 Å². The highest BCUT2D eigenvalue weighted by atomic mass is 16.5. The summed E-state index contributed by atoms with van der Waals surface area (Å²) in [4.78, 5) is 74.4. The average molecular weight is 933 g/mol. The SMILES string of the molecule is CC.CC[C@H]1CC[C@@H](c2nc3c(ccc4cc5c(cc43)OCc3cc(-c4cnc([C@@H]6CC[C@H](C)N6C(=O)C(NC(=O)OC)C(C)C)[nH]4)ccc3-5)[nH]2)N1C(=O)[C@@H](NC(=O)OC)C1CC(C)O[C@H](C)C1. The molecule has 3 aromatic carbocycles. The molecule has 6 heterocycles. The maximum atomic E-state index is 14.8. The minimum absolute atomic E-state index is 0.00147. The molecule has 4 aliphatic heterocycles. The summed E-state index contributed by atoms with van der Waals surface area (Å²) in [5.74, 6) is 1.70. The fourth-order valence-corrected chi connectivity index (χ4v) is 11.1. The predicted molar refractivity (Wildman–Crippen MR) is 260 cm³/mol. The van der Waals surface area contributed by atoms with Crippen molar-refractivity contribution >= 4 is 45.8 Å². The Morgan fingerprint density at radius 1 is 0.824 bits per heavy atom. The first-order valence-corrected chi connectivity index (χ1v) is 24.5. The standard InChI is InChI=1S/C50H62N8O8.C2H6/c1-9-33-13-17-40(58(33)48(60)43(56-50(62)64-8)31-18-27(5)66-28(6)19-31)46-52-37-15-12-29-21-36-34-14-11-30(20-32(34)24-65-41(36)22-35(29)44(37)54-46)38-23-51-45(53-38)39-16-10-26(4)57(39)47(59)42(25(2)3)55-49(61)63-7;1-2/h11-12,14-15,20-23,25-28,31,33,39-40,42-43H,9-10,13,16-19,24H2,1-8H3,(H,51,53)(H,52,54)(H,55,61)(H,56,62);1-2H3/t26-,27+,28?,31?,33-,39-,40-,42?,43-;/m0./s1. The molecule has 364 valence electrons. The van der Waals surface area contributed by atoms with Gasteiger partial charge in [0.1, 0.15) is 36.1 Å². The number of carbonyl (C=O) groups excluding carboxylic acids is 4. The van der Waals surface area contributed by atoms with Gasteiger partial charge in [0, 0.05) is 23.0 Å². The summed E-state index contributed by atoms with van der Waals surface area (Å²) in [6.07, 6.45) is 5.74. The summed E-state index contributed by atoms with van der Waals surface area (Å²) in [7, 11) is 2.62. The van der Waals surface area contributed by atoms with Crippen LogP contribution in [0.25, 0.3) is 44.2 Å². The summed E-state index contributed by atoms with van der Waals surface area (Å²) in [5.41, 5.74) is 6.59. The van der Waals surface area contributed by atoms with Crippen LogP contribution in [0.2, 0.25) is 0 Å². The number of hydrogen-bond donors (Lipinski definition) is 4. The van der Waals surface area contributed by atoms with Gasteiger partial charge in [0.25, 0.3) is 0 Å². The van der Waals surface area contributed by atoms with E-state index in [1.807, 2.05) is 70.5 Å². The van der Waals surface area contributed by atoms with Crippen molar-refractivity contribution in [2.75, 3.05) is 14.2 Å². The topological polar surface area (TPSA) is 193 Å². The van der Waals surface area contributed by atoms with E-state index < -0.39 is 24.3 Å². The lowest BCUT2D eigenvalue weighted by Crippen LogP contribution is -2.55. The third kappa shape index (κ3) is 9.23. The number of imidazole rings is 2. The number of alkyl carbamates (subject to hydrolysis) is 2. The van der Waals surface area contributed by atoms with E-state index in [-0.39, 0.29) is 60.0 Å². The van der Waals surface area contributed by atoms with Gasteiger partial charge in [-0.15, -0.1) is 0 Å². The molecule has 0 bridgehead atoms. The lowest BCUT2D eigenvalue weighted by molar-refractivity contribution is -0.141. The van der Waals surface area contributed by atoms with Gasteiger partial charge in [0.2, 0.25) is 11.8 Å². The number of ether oxygens (including phenoxy) is 4. The lowest BCUT2D eigenvalue weighted by atomic mass is 9.85. The number of nitrogens with one attached hydrogen (secondary N) is 4. The van der Waals surface area contributed by atoms with E-state index in [1.54, 1.807) is 0 Å². The van der Waals surface area contributed by atoms with Gasteiger partial charge < -0.3 is 49.3 Å². The zero-order valence-corrected chi connectivity index (χ0v) is 41.1. The van der Waals surface area contributed by atoms with Crippen LogP contribution < -0.4 is 15.4 Å². The van der Waals surface area contributed by atoms with Crippen LogP contribution in [0.5, 0.6) is 5.75 Å². The van der Waals surface area contributed by atoms with Crippen molar-refractivity contribution in [1.82, 2.24) is 40.4 Å². The number of carbonyl (C=O) groups is 4. The average Bonchev–Trinajstić information content (AvgIpc) is 4.17. The van der Waals surface area contributed by atoms with Gasteiger partial charge in [-0.2, -0.15) is 0 Å². The van der Waals surface area contributed by atoms with Gasteiger partial charge in [0.05, 0.1) is 61.4 Å². The maximum absolute atomic E-state index is 14.8. The fourth-order valence-electron chi connectivity index (χ4n) is 11.1. The molecule has 3 fully saturated rings. The summed E-state index contributed by atoms with van der Waals surface area (Å²) in [6.45, 7) is 16.4. The molecule has 5 aromatic rings. The van der Waals surface area contributed by atoms with E-state index in [1.165, 1.54) is 14.2 Å². The molecule has 4 N–H and O–H groups in total. The molecule has 3 saturated heterocycles. The predicted octanol–water partition coefficient (Wildman–Crippen LogP) is 9.49. The number of rotatable bonds is 10. The number of nitrogens with zero attached hydrogens (tertiary/aromatic N) is 4. The first kappa shape index (κ1) is 48.3. The van der Waals surface area contributed by atoms with Crippen LogP contribution in [-0.2, 0) is 30.4 Å². The quantitative estimate of drug-likeness (QED) is 0.105. The summed E-state index contributed by atoms with van der Waals surface area (Å²) >= 11 is 0. The number of benzene rings is 3. The Balaban J connectivity index is 0.00000308. The van der Waals surface area contributed by atoms with E-state index in [4.69, 9.17) is 28.9 Å². The van der Waals surface area contributed by atoms with E-state index >= 15 is 0 Å². The molecule has 16 heteroatoms. The first-order chi connectivity index (χ1) is 32.8. The molecule has 2 aromatic heterocycles. The number of likely N-dealkylation sites (tertiary alicyclic amines) is 2. The number of aromatic amines is 2. The Kier molecular flexibility index (Phi) is 14.4.